The van der Waals surface area contributed by atoms with Crippen LogP contribution in [0.25, 0.3) is 0 Å². The molecular weight excluding hydrogens is 306 g/mol. The van der Waals surface area contributed by atoms with E-state index in [-0.39, 0.29) is 11.9 Å². The monoisotopic (exact) mass is 329 g/mol. The highest BCUT2D eigenvalue weighted by atomic mass is 32.2. The Labute approximate surface area is 142 Å². The van der Waals surface area contributed by atoms with E-state index < -0.39 is 0 Å². The average Bonchev–Trinajstić information content (AvgIpc) is 2.56. The first-order valence-electron chi connectivity index (χ1n) is 7.73. The zero-order chi connectivity index (χ0) is 16.8. The minimum Gasteiger partial charge on any atom is -0.494 e. The second-order valence-corrected chi connectivity index (χ2v) is 6.26. The van der Waals surface area contributed by atoms with Crippen molar-refractivity contribution in [2.45, 2.75) is 31.7 Å². The van der Waals surface area contributed by atoms with Gasteiger partial charge in [-0.15, -0.1) is 11.8 Å². The third kappa shape index (κ3) is 4.52. The van der Waals surface area contributed by atoms with Crippen molar-refractivity contribution in [3.8, 4) is 5.75 Å². The molecule has 2 rings (SSSR count). The zero-order valence-corrected chi connectivity index (χ0v) is 14.9. The summed E-state index contributed by atoms with van der Waals surface area (Å²) >= 11 is 1.71. The third-order valence-electron chi connectivity index (χ3n) is 3.70. The Morgan fingerprint density at radius 2 is 1.91 bits per heavy atom. The lowest BCUT2D eigenvalue weighted by Crippen LogP contribution is -2.26. The van der Waals surface area contributed by atoms with Crippen LogP contribution in [0.5, 0.6) is 5.75 Å². The quantitative estimate of drug-likeness (QED) is 0.787. The fourth-order valence-corrected chi connectivity index (χ4v) is 2.77. The molecular formula is C19H23NO2S. The molecule has 0 bridgehead atoms. The van der Waals surface area contributed by atoms with Crippen molar-refractivity contribution in [1.29, 1.82) is 0 Å². The fourth-order valence-electron chi connectivity index (χ4n) is 2.36. The maximum Gasteiger partial charge on any atom is 0.251 e. The largest absolute Gasteiger partial charge is 0.494 e. The Bertz CT molecular complexity index is 668. The summed E-state index contributed by atoms with van der Waals surface area (Å²) in [5, 5.41) is 3.04. The maximum absolute atomic E-state index is 12.4. The molecule has 0 fully saturated rings. The summed E-state index contributed by atoms with van der Waals surface area (Å²) in [6.45, 7) is 6.51. The topological polar surface area (TPSA) is 38.3 Å². The summed E-state index contributed by atoms with van der Waals surface area (Å²) in [4.78, 5) is 13.6. The predicted molar refractivity (Wildman–Crippen MR) is 96.5 cm³/mol. The molecule has 122 valence electrons. The Balaban J connectivity index is 2.06. The molecule has 0 radical (unpaired) electrons. The second kappa shape index (κ2) is 8.06. The smallest absolute Gasteiger partial charge is 0.251 e. The van der Waals surface area contributed by atoms with Gasteiger partial charge in [-0.25, -0.2) is 0 Å². The van der Waals surface area contributed by atoms with Gasteiger partial charge in [0.05, 0.1) is 12.6 Å². The zero-order valence-electron chi connectivity index (χ0n) is 14.1. The van der Waals surface area contributed by atoms with Crippen molar-refractivity contribution >= 4 is 17.7 Å². The van der Waals surface area contributed by atoms with Gasteiger partial charge in [0.15, 0.2) is 0 Å². The number of hydrogen-bond donors (Lipinski definition) is 1. The molecule has 23 heavy (non-hydrogen) atoms. The van der Waals surface area contributed by atoms with Crippen molar-refractivity contribution in [3.63, 3.8) is 0 Å². The Morgan fingerprint density at radius 1 is 1.22 bits per heavy atom. The lowest BCUT2D eigenvalue weighted by atomic mass is 10.1. The minimum atomic E-state index is -0.0717. The van der Waals surface area contributed by atoms with Crippen LogP contribution in [0.15, 0.2) is 47.4 Å². The molecule has 0 spiro atoms. The number of rotatable bonds is 6. The Morgan fingerprint density at radius 3 is 2.48 bits per heavy atom. The molecule has 0 aliphatic rings. The minimum absolute atomic E-state index is 0.0368. The van der Waals surface area contributed by atoms with Gasteiger partial charge in [0.25, 0.3) is 5.91 Å². The molecule has 0 saturated heterocycles. The van der Waals surface area contributed by atoms with Crippen LogP contribution in [-0.2, 0) is 0 Å². The summed E-state index contributed by atoms with van der Waals surface area (Å²) in [7, 11) is 0. The first-order valence-corrected chi connectivity index (χ1v) is 8.96. The van der Waals surface area contributed by atoms with Gasteiger partial charge in [-0.3, -0.25) is 4.79 Å². The van der Waals surface area contributed by atoms with Gasteiger partial charge in [-0.05, 0) is 68.5 Å². The molecule has 2 aromatic rings. The van der Waals surface area contributed by atoms with Gasteiger partial charge in [-0.1, -0.05) is 12.1 Å². The van der Waals surface area contributed by atoms with Crippen LogP contribution >= 0.6 is 11.8 Å². The number of nitrogens with one attached hydrogen (secondary N) is 1. The number of benzene rings is 2. The van der Waals surface area contributed by atoms with Gasteiger partial charge in [0.1, 0.15) is 5.75 Å². The Hall–Kier alpha value is -1.94. The van der Waals surface area contributed by atoms with Gasteiger partial charge in [0, 0.05) is 10.5 Å². The van der Waals surface area contributed by atoms with E-state index >= 15 is 0 Å². The molecule has 2 aromatic carbocycles. The van der Waals surface area contributed by atoms with E-state index in [0.717, 1.165) is 16.9 Å². The highest BCUT2D eigenvalue weighted by Gasteiger charge is 2.12. The molecule has 4 heteroatoms. The number of hydrogen-bond acceptors (Lipinski definition) is 3. The van der Waals surface area contributed by atoms with E-state index in [1.807, 2.05) is 32.9 Å². The molecule has 3 nitrogen and oxygen atoms in total. The molecule has 0 aliphatic carbocycles. The molecule has 0 saturated carbocycles. The summed E-state index contributed by atoms with van der Waals surface area (Å²) < 4.78 is 5.51. The van der Waals surface area contributed by atoms with Crippen molar-refractivity contribution in [2.75, 3.05) is 12.9 Å². The van der Waals surface area contributed by atoms with Crippen LogP contribution in [-0.4, -0.2) is 18.8 Å². The second-order valence-electron chi connectivity index (χ2n) is 5.38. The molecule has 0 unspecified atom stereocenters. The van der Waals surface area contributed by atoms with Crippen molar-refractivity contribution in [3.05, 3.63) is 59.2 Å². The predicted octanol–water partition coefficient (Wildman–Crippen LogP) is 4.61. The lowest BCUT2D eigenvalue weighted by molar-refractivity contribution is 0.0939. The SMILES string of the molecule is CCOc1ccc(C(=O)N[C@@H](C)c2ccc(SC)cc2)cc1C. The first kappa shape index (κ1) is 17.4. The molecule has 0 aliphatic heterocycles. The van der Waals surface area contributed by atoms with Gasteiger partial charge < -0.3 is 10.1 Å². The molecule has 1 N–H and O–H groups in total. The van der Waals surface area contributed by atoms with E-state index in [9.17, 15) is 4.79 Å². The highest BCUT2D eigenvalue weighted by molar-refractivity contribution is 7.98. The standard InChI is InChI=1S/C19H23NO2S/c1-5-22-18-11-8-16(12-13(18)2)19(21)20-14(3)15-6-9-17(23-4)10-7-15/h6-12,14H,5H2,1-4H3,(H,20,21)/t14-/m0/s1. The molecule has 1 amide bonds. The Kier molecular flexibility index (Phi) is 6.11. The van der Waals surface area contributed by atoms with Gasteiger partial charge in [0.2, 0.25) is 0 Å². The number of carbonyl (C=O) groups is 1. The van der Waals surface area contributed by atoms with Crippen molar-refractivity contribution in [1.82, 2.24) is 5.32 Å². The van der Waals surface area contributed by atoms with Gasteiger partial charge >= 0.3 is 0 Å². The van der Waals surface area contributed by atoms with Crippen LogP contribution in [0, 0.1) is 6.92 Å². The number of thioether (sulfide) groups is 1. The van der Waals surface area contributed by atoms with Crippen LogP contribution < -0.4 is 10.1 Å². The van der Waals surface area contributed by atoms with E-state index in [1.165, 1.54) is 4.90 Å². The first-order chi connectivity index (χ1) is 11.0. The number of aryl methyl sites for hydroxylation is 1. The van der Waals surface area contributed by atoms with Crippen LogP contribution in [0.4, 0.5) is 0 Å². The number of amides is 1. The highest BCUT2D eigenvalue weighted by Crippen LogP contribution is 2.21. The van der Waals surface area contributed by atoms with E-state index in [1.54, 1.807) is 17.8 Å². The number of carbonyl (C=O) groups excluding carboxylic acids is 1. The van der Waals surface area contributed by atoms with Crippen molar-refractivity contribution < 1.29 is 9.53 Å². The summed E-state index contributed by atoms with van der Waals surface area (Å²) in [6, 6.07) is 13.7. The molecule has 1 atom stereocenters. The summed E-state index contributed by atoms with van der Waals surface area (Å²) in [5.41, 5.74) is 2.72. The average molecular weight is 329 g/mol. The fraction of sp³-hybridized carbons (Fsp3) is 0.316. The van der Waals surface area contributed by atoms with E-state index in [2.05, 4.69) is 35.8 Å². The van der Waals surface area contributed by atoms with E-state index in [0.29, 0.717) is 12.2 Å². The number of ether oxygens (including phenoxy) is 1. The maximum atomic E-state index is 12.4. The summed E-state index contributed by atoms with van der Waals surface area (Å²) in [5.74, 6) is 0.752. The molecule has 0 aromatic heterocycles. The molecule has 0 heterocycles. The summed E-state index contributed by atoms with van der Waals surface area (Å²) in [6.07, 6.45) is 2.05. The van der Waals surface area contributed by atoms with Crippen LogP contribution in [0.3, 0.4) is 0 Å². The van der Waals surface area contributed by atoms with E-state index in [4.69, 9.17) is 4.74 Å². The van der Waals surface area contributed by atoms with Gasteiger partial charge in [-0.2, -0.15) is 0 Å². The third-order valence-corrected chi connectivity index (χ3v) is 4.44. The van der Waals surface area contributed by atoms with Crippen LogP contribution in [0.2, 0.25) is 0 Å². The lowest BCUT2D eigenvalue weighted by Gasteiger charge is -2.15. The van der Waals surface area contributed by atoms with Crippen molar-refractivity contribution in [2.24, 2.45) is 0 Å². The normalized spacial score (nSPS) is 11.8. The van der Waals surface area contributed by atoms with Crippen LogP contribution in [0.1, 0.15) is 41.4 Å².